The monoisotopic (exact) mass is 619 g/mol. The lowest BCUT2D eigenvalue weighted by atomic mass is 10.1. The molecule has 1 fully saturated rings. The molecule has 8 nitrogen and oxygen atoms in total. The first-order chi connectivity index (χ1) is 20.7. The minimum absolute atomic E-state index is 0.0555. The lowest BCUT2D eigenvalue weighted by Crippen LogP contribution is -2.67. The fraction of sp³-hybridized carbons (Fsp3) is 0.429. The van der Waals surface area contributed by atoms with Crippen molar-refractivity contribution >= 4 is 30.8 Å². The fourth-order valence-corrected chi connectivity index (χ4v) is 10.6. The lowest BCUT2D eigenvalue weighted by molar-refractivity contribution is 0.0173. The van der Waals surface area contributed by atoms with Crippen molar-refractivity contribution in [3.63, 3.8) is 0 Å². The smallest absolute Gasteiger partial charge is 0.410 e. The van der Waals surface area contributed by atoms with Crippen molar-refractivity contribution in [2.45, 2.75) is 77.7 Å². The molecule has 1 heterocycles. The molecule has 1 saturated heterocycles. The van der Waals surface area contributed by atoms with E-state index < -0.39 is 32.0 Å². The third-order valence-electron chi connectivity index (χ3n) is 7.81. The van der Waals surface area contributed by atoms with Gasteiger partial charge in [-0.1, -0.05) is 81.4 Å². The molecule has 1 aliphatic rings. The normalized spacial score (nSPS) is 17.3. The summed E-state index contributed by atoms with van der Waals surface area (Å²) in [5, 5.41) is 12.6. The Kier molecular flexibility index (Phi) is 9.80. The molecule has 3 aromatic carbocycles. The first-order valence-electron chi connectivity index (χ1n) is 15.0. The van der Waals surface area contributed by atoms with Crippen LogP contribution in [-0.2, 0) is 13.9 Å². The molecule has 0 radical (unpaired) electrons. The van der Waals surface area contributed by atoms with Crippen molar-refractivity contribution in [2.75, 3.05) is 20.3 Å². The summed E-state index contributed by atoms with van der Waals surface area (Å²) in [6, 6.07) is 23.5. The number of aryl methyl sites for hydroxylation is 1. The van der Waals surface area contributed by atoms with Crippen molar-refractivity contribution in [1.29, 1.82) is 0 Å². The predicted octanol–water partition coefficient (Wildman–Crippen LogP) is 5.82. The highest BCUT2D eigenvalue weighted by Gasteiger charge is 2.53. The standard InChI is InChI=1S/C35H45NO7Si/c1-24-19-29(37)31(32(38)40-8)30(20-24)41-23-25-21-26(22-36(25)33(39)42-34(2,3)4)43-44(35(5,6)7,27-15-11-9-12-16-27)28-17-13-10-14-18-28/h9-20,25-26,37H,21-23H2,1-8H3/t25-,26+/m0/s1. The molecule has 1 N–H and O–H groups in total. The summed E-state index contributed by atoms with van der Waals surface area (Å²) < 4.78 is 24.2. The molecule has 1 amide bonds. The molecule has 236 valence electrons. The van der Waals surface area contributed by atoms with Gasteiger partial charge in [-0.05, 0) is 67.2 Å². The highest BCUT2D eigenvalue weighted by Crippen LogP contribution is 2.39. The summed E-state index contributed by atoms with van der Waals surface area (Å²) in [5.74, 6) is -0.745. The van der Waals surface area contributed by atoms with E-state index in [4.69, 9.17) is 18.6 Å². The number of benzene rings is 3. The summed E-state index contributed by atoms with van der Waals surface area (Å²) in [6.07, 6.45) is -0.275. The Hall–Kier alpha value is -3.82. The largest absolute Gasteiger partial charge is 0.507 e. The molecule has 9 heteroatoms. The second-order valence-corrected chi connectivity index (χ2v) is 17.6. The SMILES string of the molecule is COC(=O)c1c(O)cc(C)cc1OC[C@@H]1C[C@@H](O[Si](c2ccccc2)(c2ccccc2)C(C)(C)C)CN1C(=O)OC(C)(C)C. The van der Waals surface area contributed by atoms with Crippen LogP contribution in [0.15, 0.2) is 72.8 Å². The van der Waals surface area contributed by atoms with Gasteiger partial charge >= 0.3 is 12.1 Å². The molecule has 0 saturated carbocycles. The van der Waals surface area contributed by atoms with Gasteiger partial charge in [0.15, 0.2) is 0 Å². The Balaban J connectivity index is 1.71. The number of carbonyl (C=O) groups is 2. The lowest BCUT2D eigenvalue weighted by Gasteiger charge is -2.44. The van der Waals surface area contributed by atoms with Gasteiger partial charge in [0, 0.05) is 6.54 Å². The number of rotatable bonds is 8. The summed E-state index contributed by atoms with van der Waals surface area (Å²) >= 11 is 0. The van der Waals surface area contributed by atoms with Gasteiger partial charge in [0.05, 0.1) is 19.3 Å². The van der Waals surface area contributed by atoms with E-state index in [0.717, 1.165) is 10.4 Å². The molecule has 2 atom stereocenters. The van der Waals surface area contributed by atoms with Gasteiger partial charge in [0.2, 0.25) is 0 Å². The minimum atomic E-state index is -2.90. The van der Waals surface area contributed by atoms with Gasteiger partial charge in [-0.2, -0.15) is 0 Å². The van der Waals surface area contributed by atoms with Crippen molar-refractivity contribution in [3.05, 3.63) is 83.9 Å². The number of amides is 1. The summed E-state index contributed by atoms with van der Waals surface area (Å²) in [7, 11) is -1.65. The zero-order chi connectivity index (χ0) is 32.3. The van der Waals surface area contributed by atoms with Crippen LogP contribution in [0, 0.1) is 6.92 Å². The number of hydrogen-bond acceptors (Lipinski definition) is 7. The Bertz CT molecular complexity index is 1410. The molecule has 44 heavy (non-hydrogen) atoms. The Labute approximate surface area is 262 Å². The van der Waals surface area contributed by atoms with Crippen molar-refractivity contribution in [1.82, 2.24) is 4.90 Å². The maximum atomic E-state index is 13.6. The molecule has 0 spiro atoms. The molecular weight excluding hydrogens is 574 g/mol. The number of phenolic OH excluding ortho intramolecular Hbond substituents is 1. The molecule has 4 rings (SSSR count). The number of likely N-dealkylation sites (tertiary alicyclic amines) is 1. The topological polar surface area (TPSA) is 94.5 Å². The first kappa shape index (κ1) is 33.1. The van der Waals surface area contributed by atoms with Crippen molar-refractivity contribution in [3.8, 4) is 11.5 Å². The number of phenols is 1. The highest BCUT2D eigenvalue weighted by molar-refractivity contribution is 6.99. The van der Waals surface area contributed by atoms with Crippen LogP contribution in [0.25, 0.3) is 0 Å². The Morgan fingerprint density at radius 3 is 2.00 bits per heavy atom. The van der Waals surface area contributed by atoms with Gasteiger partial charge in [0.25, 0.3) is 8.32 Å². The van der Waals surface area contributed by atoms with Gasteiger partial charge in [0.1, 0.15) is 29.3 Å². The molecule has 0 unspecified atom stereocenters. The number of methoxy groups -OCH3 is 1. The second kappa shape index (κ2) is 13.0. The summed E-state index contributed by atoms with van der Waals surface area (Å²) in [4.78, 5) is 27.7. The number of hydrogen-bond donors (Lipinski definition) is 1. The van der Waals surface area contributed by atoms with Crippen LogP contribution in [-0.4, -0.2) is 68.4 Å². The van der Waals surface area contributed by atoms with E-state index in [1.54, 1.807) is 17.9 Å². The number of carbonyl (C=O) groups excluding carboxylic acids is 2. The van der Waals surface area contributed by atoms with Crippen LogP contribution < -0.4 is 15.1 Å². The van der Waals surface area contributed by atoms with E-state index in [9.17, 15) is 14.7 Å². The number of ether oxygens (including phenoxy) is 3. The molecular formula is C35H45NO7Si. The maximum Gasteiger partial charge on any atom is 0.410 e. The van der Waals surface area contributed by atoms with E-state index >= 15 is 0 Å². The Morgan fingerprint density at radius 1 is 0.932 bits per heavy atom. The van der Waals surface area contributed by atoms with Crippen LogP contribution in [0.2, 0.25) is 5.04 Å². The van der Waals surface area contributed by atoms with E-state index in [-0.39, 0.29) is 34.8 Å². The molecule has 0 aliphatic carbocycles. The molecule has 3 aromatic rings. The van der Waals surface area contributed by atoms with Crippen LogP contribution in [0.4, 0.5) is 4.79 Å². The quantitative estimate of drug-likeness (QED) is 0.251. The molecule has 0 bridgehead atoms. The number of esters is 1. The minimum Gasteiger partial charge on any atom is -0.507 e. The maximum absolute atomic E-state index is 13.6. The van der Waals surface area contributed by atoms with Crippen LogP contribution in [0.3, 0.4) is 0 Å². The number of nitrogens with zero attached hydrogens (tertiary/aromatic N) is 1. The van der Waals surface area contributed by atoms with E-state index in [1.807, 2.05) is 57.2 Å². The zero-order valence-electron chi connectivity index (χ0n) is 27.0. The average Bonchev–Trinajstić information content (AvgIpc) is 3.36. The molecule has 0 aromatic heterocycles. The van der Waals surface area contributed by atoms with Crippen LogP contribution >= 0.6 is 0 Å². The van der Waals surface area contributed by atoms with Gasteiger partial charge in [-0.3, -0.25) is 4.90 Å². The third-order valence-corrected chi connectivity index (χ3v) is 12.9. The van der Waals surface area contributed by atoms with E-state index in [1.165, 1.54) is 13.2 Å². The highest BCUT2D eigenvalue weighted by atomic mass is 28.4. The predicted molar refractivity (Wildman–Crippen MR) is 174 cm³/mol. The van der Waals surface area contributed by atoms with Gasteiger partial charge in [-0.15, -0.1) is 0 Å². The van der Waals surface area contributed by atoms with Crippen LogP contribution in [0.1, 0.15) is 63.9 Å². The van der Waals surface area contributed by atoms with Gasteiger partial charge in [-0.25, -0.2) is 9.59 Å². The summed E-state index contributed by atoms with van der Waals surface area (Å²) in [6.45, 7) is 14.3. The number of aromatic hydroxyl groups is 1. The van der Waals surface area contributed by atoms with Crippen LogP contribution in [0.5, 0.6) is 11.5 Å². The van der Waals surface area contributed by atoms with Crippen molar-refractivity contribution < 1.29 is 33.3 Å². The molecule has 1 aliphatic heterocycles. The second-order valence-electron chi connectivity index (χ2n) is 13.4. The zero-order valence-corrected chi connectivity index (χ0v) is 28.0. The Morgan fingerprint density at radius 2 is 1.50 bits per heavy atom. The summed E-state index contributed by atoms with van der Waals surface area (Å²) in [5.41, 5.74) is -0.0340. The van der Waals surface area contributed by atoms with E-state index in [0.29, 0.717) is 18.5 Å². The first-order valence-corrected chi connectivity index (χ1v) is 16.9. The third kappa shape index (κ3) is 7.11. The van der Waals surface area contributed by atoms with Crippen molar-refractivity contribution in [2.24, 2.45) is 0 Å². The fourth-order valence-electron chi connectivity index (χ4n) is 5.94. The van der Waals surface area contributed by atoms with Gasteiger partial charge < -0.3 is 23.7 Å². The van der Waals surface area contributed by atoms with E-state index in [2.05, 4.69) is 45.0 Å². The average molecular weight is 620 g/mol.